The van der Waals surface area contributed by atoms with Crippen LogP contribution in [0.3, 0.4) is 0 Å². The van der Waals surface area contributed by atoms with Crippen molar-refractivity contribution in [1.82, 2.24) is 4.90 Å². The number of nitrogens with one attached hydrogen (secondary N) is 1. The predicted molar refractivity (Wildman–Crippen MR) is 177 cm³/mol. The van der Waals surface area contributed by atoms with E-state index in [1.165, 1.54) is 4.90 Å². The molecule has 11 nitrogen and oxygen atoms in total. The van der Waals surface area contributed by atoms with Crippen LogP contribution in [0.4, 0.5) is 5.69 Å². The number of sulfone groups is 1. The number of ether oxygens (including phenoxy) is 4. The SMILES string of the molecule is CCOc1cc([C@@H](CS(C)(=O)=O)N2Cc3cccc(NC(=O)C4CC4)c3C2=O)ccc1O[C@H]1CC=C[C@@H](C(=O)OCc2ccccc2)O1. The number of nitrogens with zero attached hydrogens (tertiary/aromatic N) is 1. The summed E-state index contributed by atoms with van der Waals surface area (Å²) in [6.45, 7) is 2.38. The fourth-order valence-electron chi connectivity index (χ4n) is 5.81. The van der Waals surface area contributed by atoms with Crippen molar-refractivity contribution in [2.75, 3.05) is 23.9 Å². The third-order valence-electron chi connectivity index (χ3n) is 8.31. The van der Waals surface area contributed by atoms with E-state index in [4.69, 9.17) is 18.9 Å². The van der Waals surface area contributed by atoms with Crippen LogP contribution in [0.15, 0.2) is 78.9 Å². The third kappa shape index (κ3) is 7.88. The molecule has 0 saturated heterocycles. The van der Waals surface area contributed by atoms with Crippen molar-refractivity contribution in [1.29, 1.82) is 0 Å². The molecule has 0 aromatic heterocycles. The Hall–Kier alpha value is -4.68. The fraction of sp³-hybridized carbons (Fsp3) is 0.361. The minimum atomic E-state index is -3.55. The predicted octanol–water partition coefficient (Wildman–Crippen LogP) is 4.97. The van der Waals surface area contributed by atoms with Crippen molar-refractivity contribution in [3.8, 4) is 11.5 Å². The Bertz CT molecular complexity index is 1820. The number of hydrogen-bond donors (Lipinski definition) is 1. The van der Waals surface area contributed by atoms with Gasteiger partial charge in [-0.2, -0.15) is 0 Å². The van der Waals surface area contributed by atoms with Crippen molar-refractivity contribution in [3.63, 3.8) is 0 Å². The van der Waals surface area contributed by atoms with Crippen LogP contribution in [0.5, 0.6) is 11.5 Å². The van der Waals surface area contributed by atoms with E-state index in [9.17, 15) is 22.8 Å². The molecule has 0 radical (unpaired) electrons. The number of rotatable bonds is 13. The van der Waals surface area contributed by atoms with Crippen LogP contribution < -0.4 is 14.8 Å². The molecule has 1 N–H and O–H groups in total. The summed E-state index contributed by atoms with van der Waals surface area (Å²) >= 11 is 0. The normalized spacial score (nSPS) is 19.4. The van der Waals surface area contributed by atoms with Crippen LogP contribution >= 0.6 is 0 Å². The van der Waals surface area contributed by atoms with E-state index in [0.717, 1.165) is 24.7 Å². The Morgan fingerprint density at radius 2 is 1.83 bits per heavy atom. The maximum atomic E-state index is 13.9. The number of hydrogen-bond acceptors (Lipinski definition) is 9. The first kappa shape index (κ1) is 33.2. The summed E-state index contributed by atoms with van der Waals surface area (Å²) in [5.74, 6) is -0.736. The van der Waals surface area contributed by atoms with Crippen molar-refractivity contribution >= 4 is 33.3 Å². The molecule has 3 aromatic rings. The molecule has 6 rings (SSSR count). The quantitative estimate of drug-likeness (QED) is 0.197. The van der Waals surface area contributed by atoms with E-state index < -0.39 is 34.2 Å². The number of anilines is 1. The topological polar surface area (TPSA) is 138 Å². The first-order valence-electron chi connectivity index (χ1n) is 16.0. The summed E-state index contributed by atoms with van der Waals surface area (Å²) in [6.07, 6.45) is 4.79. The van der Waals surface area contributed by atoms with E-state index in [0.29, 0.717) is 40.3 Å². The molecular formula is C36H38N2O9S. The van der Waals surface area contributed by atoms with E-state index in [1.54, 1.807) is 49.4 Å². The molecule has 1 saturated carbocycles. The Morgan fingerprint density at radius 1 is 1.04 bits per heavy atom. The van der Waals surface area contributed by atoms with Gasteiger partial charge in [-0.15, -0.1) is 0 Å². The van der Waals surface area contributed by atoms with Gasteiger partial charge < -0.3 is 29.2 Å². The third-order valence-corrected chi connectivity index (χ3v) is 9.24. The second kappa shape index (κ2) is 14.2. The molecular weight excluding hydrogens is 636 g/mol. The Labute approximate surface area is 279 Å². The summed E-state index contributed by atoms with van der Waals surface area (Å²) in [6, 6.07) is 18.8. The maximum Gasteiger partial charge on any atom is 0.339 e. The van der Waals surface area contributed by atoms with Crippen molar-refractivity contribution in [3.05, 3.63) is 101 Å². The summed E-state index contributed by atoms with van der Waals surface area (Å²) in [5, 5.41) is 2.89. The Morgan fingerprint density at radius 3 is 2.56 bits per heavy atom. The highest BCUT2D eigenvalue weighted by molar-refractivity contribution is 7.90. The van der Waals surface area contributed by atoms with Crippen molar-refractivity contribution in [2.24, 2.45) is 5.92 Å². The monoisotopic (exact) mass is 674 g/mol. The smallest absolute Gasteiger partial charge is 0.339 e. The van der Waals surface area contributed by atoms with E-state index in [-0.39, 0.29) is 43.2 Å². The molecule has 0 spiro atoms. The summed E-state index contributed by atoms with van der Waals surface area (Å²) in [4.78, 5) is 40.7. The number of carbonyl (C=O) groups is 3. The van der Waals surface area contributed by atoms with Crippen molar-refractivity contribution in [2.45, 2.75) is 57.8 Å². The largest absolute Gasteiger partial charge is 0.490 e. The molecule has 3 aliphatic rings. The average Bonchev–Trinajstić information content (AvgIpc) is 3.87. The van der Waals surface area contributed by atoms with Crippen LogP contribution in [0, 0.1) is 5.92 Å². The molecule has 3 atom stereocenters. The molecule has 48 heavy (non-hydrogen) atoms. The van der Waals surface area contributed by atoms with Crippen molar-refractivity contribution < 1.29 is 41.7 Å². The standard InChI is InChI=1S/C36H38N2O9S/c1-3-44-31-19-25(17-18-29(31)46-32-14-8-13-30(47-32)36(41)45-21-23-9-5-4-6-10-23)28(22-48(2,42)43)38-20-26-11-7-12-27(33(26)35(38)40)37-34(39)24-15-16-24/h4-13,17-19,24,28,30,32H,3,14-16,20-22H2,1-2H3,(H,37,39)/t28-,30+,32-/m1/s1. The van der Waals surface area contributed by atoms with E-state index in [2.05, 4.69) is 5.32 Å². The molecule has 2 aliphatic heterocycles. The molecule has 0 bridgehead atoms. The number of carbonyl (C=O) groups excluding carboxylic acids is 3. The molecule has 1 aliphatic carbocycles. The highest BCUT2D eigenvalue weighted by Crippen LogP contribution is 2.40. The maximum absolute atomic E-state index is 13.9. The van der Waals surface area contributed by atoms with Crippen LogP contribution in [0.25, 0.3) is 0 Å². The first-order chi connectivity index (χ1) is 23.1. The Kier molecular flexibility index (Phi) is 9.83. The zero-order valence-electron chi connectivity index (χ0n) is 26.8. The second-order valence-electron chi connectivity index (χ2n) is 12.1. The summed E-state index contributed by atoms with van der Waals surface area (Å²) in [5.41, 5.74) is 2.89. The first-order valence-corrected chi connectivity index (χ1v) is 18.0. The highest BCUT2D eigenvalue weighted by atomic mass is 32.2. The van der Waals surface area contributed by atoms with Gasteiger partial charge in [0.05, 0.1) is 29.7 Å². The number of fused-ring (bicyclic) bond motifs is 1. The molecule has 252 valence electrons. The van der Waals surface area contributed by atoms with E-state index in [1.807, 2.05) is 36.4 Å². The van der Waals surface area contributed by atoms with Crippen LogP contribution in [-0.4, -0.2) is 62.1 Å². The second-order valence-corrected chi connectivity index (χ2v) is 14.3. The lowest BCUT2D eigenvalue weighted by Gasteiger charge is -2.29. The Balaban J connectivity index is 1.20. The number of esters is 1. The fourth-order valence-corrected chi connectivity index (χ4v) is 6.76. The zero-order valence-corrected chi connectivity index (χ0v) is 27.6. The molecule has 0 unspecified atom stereocenters. The average molecular weight is 675 g/mol. The minimum Gasteiger partial charge on any atom is -0.490 e. The van der Waals surface area contributed by atoms with Crippen LogP contribution in [-0.2, 0) is 42.1 Å². The summed E-state index contributed by atoms with van der Waals surface area (Å²) in [7, 11) is -3.55. The minimum absolute atomic E-state index is 0.0430. The lowest BCUT2D eigenvalue weighted by atomic mass is 10.1. The van der Waals surface area contributed by atoms with Crippen LogP contribution in [0.1, 0.15) is 59.3 Å². The van der Waals surface area contributed by atoms with Crippen LogP contribution in [0.2, 0.25) is 0 Å². The van der Waals surface area contributed by atoms with Gasteiger partial charge in [0.1, 0.15) is 16.4 Å². The summed E-state index contributed by atoms with van der Waals surface area (Å²) < 4.78 is 48.8. The van der Waals surface area contributed by atoms with Gasteiger partial charge >= 0.3 is 5.97 Å². The number of benzene rings is 3. The molecule has 1 fully saturated rings. The van der Waals surface area contributed by atoms with Gasteiger partial charge in [0.2, 0.25) is 12.2 Å². The van der Waals surface area contributed by atoms with Gasteiger partial charge in [-0.25, -0.2) is 13.2 Å². The molecule has 2 heterocycles. The van der Waals surface area contributed by atoms with Gasteiger partial charge in [-0.1, -0.05) is 54.6 Å². The molecule has 12 heteroatoms. The van der Waals surface area contributed by atoms with Gasteiger partial charge in [-0.3, -0.25) is 9.59 Å². The zero-order chi connectivity index (χ0) is 33.8. The van der Waals surface area contributed by atoms with Gasteiger partial charge in [0.25, 0.3) is 5.91 Å². The lowest BCUT2D eigenvalue weighted by Crippen LogP contribution is -2.35. The number of amides is 2. The molecule has 3 aromatic carbocycles. The highest BCUT2D eigenvalue weighted by Gasteiger charge is 2.38. The van der Waals surface area contributed by atoms with Gasteiger partial charge in [-0.05, 0) is 60.7 Å². The van der Waals surface area contributed by atoms with E-state index >= 15 is 0 Å². The molecule has 2 amide bonds. The van der Waals surface area contributed by atoms with Gasteiger partial charge in [0, 0.05) is 25.1 Å². The van der Waals surface area contributed by atoms with Gasteiger partial charge in [0.15, 0.2) is 17.6 Å². The lowest BCUT2D eigenvalue weighted by molar-refractivity contribution is -0.171.